The van der Waals surface area contributed by atoms with Crippen molar-refractivity contribution in [3.8, 4) is 0 Å². The van der Waals surface area contributed by atoms with Gasteiger partial charge >= 0.3 is 6.09 Å². The molecule has 0 aliphatic carbocycles. The summed E-state index contributed by atoms with van der Waals surface area (Å²) in [7, 11) is -7.89. The number of benzene rings is 2. The van der Waals surface area contributed by atoms with Gasteiger partial charge in [-0.3, -0.25) is 8.37 Å². The van der Waals surface area contributed by atoms with Gasteiger partial charge in [-0.25, -0.2) is 4.79 Å². The summed E-state index contributed by atoms with van der Waals surface area (Å²) in [5.41, 5.74) is 0.345. The molecule has 11 heteroatoms. The number of carbonyl (C=O) groups is 1. The lowest BCUT2D eigenvalue weighted by atomic mass is 10.2. The van der Waals surface area contributed by atoms with Gasteiger partial charge in [-0.1, -0.05) is 60.7 Å². The molecular formula is C24H31NO8S2. The summed E-state index contributed by atoms with van der Waals surface area (Å²) in [5, 5.41) is 0. The van der Waals surface area contributed by atoms with Crippen molar-refractivity contribution in [3.05, 3.63) is 71.8 Å². The van der Waals surface area contributed by atoms with Crippen LogP contribution in [0.5, 0.6) is 0 Å². The standard InChI is InChI=1S/C24H31NO8S2/c1-24(2,3)32-23(26)25-15-22(33-35(29,30)18-20-12-8-5-9-13-20)14-21(25)16-31-34(27,28)17-19-10-6-4-7-11-19/h4-13,21-22H,14-18H2,1-3H3/t21-,22+/m0/s1. The van der Waals surface area contributed by atoms with Crippen LogP contribution >= 0.6 is 0 Å². The number of rotatable bonds is 9. The molecule has 1 aliphatic heterocycles. The number of likely N-dealkylation sites (tertiary alicyclic amines) is 1. The summed E-state index contributed by atoms with van der Waals surface area (Å²) >= 11 is 0. The summed E-state index contributed by atoms with van der Waals surface area (Å²) in [6.07, 6.45) is -1.48. The van der Waals surface area contributed by atoms with Crippen molar-refractivity contribution in [1.29, 1.82) is 0 Å². The fraction of sp³-hybridized carbons (Fsp3) is 0.458. The second-order valence-corrected chi connectivity index (χ2v) is 12.6. The molecule has 0 aromatic heterocycles. The molecule has 0 bridgehead atoms. The molecule has 0 spiro atoms. The highest BCUT2D eigenvalue weighted by molar-refractivity contribution is 7.86. The van der Waals surface area contributed by atoms with Gasteiger partial charge in [0.1, 0.15) is 17.1 Å². The van der Waals surface area contributed by atoms with Crippen molar-refractivity contribution in [2.24, 2.45) is 0 Å². The molecule has 35 heavy (non-hydrogen) atoms. The first-order chi connectivity index (χ1) is 16.3. The molecule has 1 fully saturated rings. The monoisotopic (exact) mass is 525 g/mol. The van der Waals surface area contributed by atoms with Crippen LogP contribution in [0.4, 0.5) is 4.79 Å². The Hall–Kier alpha value is -2.47. The molecule has 2 aromatic rings. The second-order valence-electron chi connectivity index (χ2n) is 9.40. The number of amides is 1. The van der Waals surface area contributed by atoms with E-state index in [2.05, 4.69) is 0 Å². The van der Waals surface area contributed by atoms with Crippen LogP contribution < -0.4 is 0 Å². The van der Waals surface area contributed by atoms with Crippen LogP contribution in [0.1, 0.15) is 38.3 Å². The Kier molecular flexibility index (Phi) is 8.58. The van der Waals surface area contributed by atoms with E-state index in [1.807, 2.05) is 0 Å². The van der Waals surface area contributed by atoms with E-state index in [9.17, 15) is 21.6 Å². The molecule has 0 radical (unpaired) electrons. The summed E-state index contributed by atoms with van der Waals surface area (Å²) in [6.45, 7) is 4.70. The highest BCUT2D eigenvalue weighted by atomic mass is 32.2. The molecule has 2 atom stereocenters. The lowest BCUT2D eigenvalue weighted by molar-refractivity contribution is 0.0178. The zero-order valence-corrected chi connectivity index (χ0v) is 21.6. The third-order valence-corrected chi connectivity index (χ3v) is 7.53. The van der Waals surface area contributed by atoms with Gasteiger partial charge in [0, 0.05) is 0 Å². The molecule has 2 aromatic carbocycles. The van der Waals surface area contributed by atoms with Crippen molar-refractivity contribution < 1.29 is 34.7 Å². The maximum atomic E-state index is 12.8. The third kappa shape index (κ3) is 8.92. The zero-order chi connectivity index (χ0) is 25.7. The van der Waals surface area contributed by atoms with Gasteiger partial charge in [0.25, 0.3) is 20.2 Å². The van der Waals surface area contributed by atoms with Gasteiger partial charge in [-0.2, -0.15) is 16.8 Å². The zero-order valence-electron chi connectivity index (χ0n) is 20.0. The predicted octanol–water partition coefficient (Wildman–Crippen LogP) is 3.46. The summed E-state index contributed by atoms with van der Waals surface area (Å²) in [6, 6.07) is 16.4. The minimum atomic E-state index is -3.95. The molecule has 0 unspecified atom stereocenters. The van der Waals surface area contributed by atoms with Gasteiger partial charge in [0.15, 0.2) is 0 Å². The topological polar surface area (TPSA) is 116 Å². The Morgan fingerprint density at radius 3 is 1.91 bits per heavy atom. The predicted molar refractivity (Wildman–Crippen MR) is 130 cm³/mol. The highest BCUT2D eigenvalue weighted by Crippen LogP contribution is 2.26. The molecule has 1 aliphatic rings. The van der Waals surface area contributed by atoms with Crippen LogP contribution in [0.3, 0.4) is 0 Å². The van der Waals surface area contributed by atoms with Crippen LogP contribution in [-0.2, 0) is 44.8 Å². The molecule has 9 nitrogen and oxygen atoms in total. The Morgan fingerprint density at radius 1 is 0.886 bits per heavy atom. The van der Waals surface area contributed by atoms with E-state index in [4.69, 9.17) is 13.1 Å². The number of carbonyl (C=O) groups excluding carboxylic acids is 1. The first-order valence-electron chi connectivity index (χ1n) is 11.2. The summed E-state index contributed by atoms with van der Waals surface area (Å²) in [4.78, 5) is 14.1. The van der Waals surface area contributed by atoms with Crippen molar-refractivity contribution in [1.82, 2.24) is 4.90 Å². The SMILES string of the molecule is CC(C)(C)OC(=O)N1C[C@H](OS(=O)(=O)Cc2ccccc2)C[C@H]1COS(=O)(=O)Cc1ccccc1. The van der Waals surface area contributed by atoms with Gasteiger partial charge in [0.05, 0.1) is 25.3 Å². The highest BCUT2D eigenvalue weighted by Gasteiger charge is 2.41. The van der Waals surface area contributed by atoms with Crippen LogP contribution in [0.15, 0.2) is 60.7 Å². The third-order valence-electron chi connectivity index (χ3n) is 5.10. The Labute approximate surface area is 207 Å². The van der Waals surface area contributed by atoms with Crippen molar-refractivity contribution >= 4 is 26.3 Å². The fourth-order valence-corrected chi connectivity index (χ4v) is 5.94. The van der Waals surface area contributed by atoms with E-state index in [0.29, 0.717) is 11.1 Å². The Bertz CT molecular complexity index is 1190. The van der Waals surface area contributed by atoms with E-state index >= 15 is 0 Å². The van der Waals surface area contributed by atoms with Gasteiger partial charge in [-0.05, 0) is 38.3 Å². The first kappa shape index (κ1) is 27.1. The molecule has 1 heterocycles. The largest absolute Gasteiger partial charge is 0.444 e. The molecule has 192 valence electrons. The number of hydrogen-bond donors (Lipinski definition) is 0. The molecule has 1 amide bonds. The average molecular weight is 526 g/mol. The van der Waals surface area contributed by atoms with Crippen LogP contribution in [0, 0.1) is 0 Å². The van der Waals surface area contributed by atoms with Crippen LogP contribution in [0.2, 0.25) is 0 Å². The summed E-state index contributed by atoms with van der Waals surface area (Å²) in [5.74, 6) is -0.637. The van der Waals surface area contributed by atoms with Crippen molar-refractivity contribution in [2.45, 2.75) is 56.4 Å². The molecular weight excluding hydrogens is 494 g/mol. The normalized spacial score (nSPS) is 19.0. The van der Waals surface area contributed by atoms with Crippen molar-refractivity contribution in [2.75, 3.05) is 13.2 Å². The van der Waals surface area contributed by atoms with E-state index < -0.39 is 44.1 Å². The minimum absolute atomic E-state index is 0.0737. The first-order valence-corrected chi connectivity index (χ1v) is 14.3. The van der Waals surface area contributed by atoms with Gasteiger partial charge < -0.3 is 9.64 Å². The Morgan fingerprint density at radius 2 is 1.40 bits per heavy atom. The number of nitrogens with zero attached hydrogens (tertiary/aromatic N) is 1. The summed E-state index contributed by atoms with van der Waals surface area (Å²) < 4.78 is 66.2. The average Bonchev–Trinajstić information content (AvgIpc) is 3.14. The van der Waals surface area contributed by atoms with Crippen LogP contribution in [0.25, 0.3) is 0 Å². The maximum Gasteiger partial charge on any atom is 0.410 e. The smallest absolute Gasteiger partial charge is 0.410 e. The van der Waals surface area contributed by atoms with E-state index in [1.165, 1.54) is 4.90 Å². The van der Waals surface area contributed by atoms with Crippen LogP contribution in [-0.4, -0.2) is 58.7 Å². The maximum absolute atomic E-state index is 12.8. The van der Waals surface area contributed by atoms with E-state index in [1.54, 1.807) is 81.4 Å². The van der Waals surface area contributed by atoms with E-state index in [0.717, 1.165) is 0 Å². The molecule has 3 rings (SSSR count). The van der Waals surface area contributed by atoms with E-state index in [-0.39, 0.29) is 31.1 Å². The van der Waals surface area contributed by atoms with Gasteiger partial charge in [-0.15, -0.1) is 0 Å². The quantitative estimate of drug-likeness (QED) is 0.457. The Balaban J connectivity index is 1.69. The lowest BCUT2D eigenvalue weighted by Gasteiger charge is -2.28. The van der Waals surface area contributed by atoms with Crippen molar-refractivity contribution in [3.63, 3.8) is 0 Å². The second kappa shape index (κ2) is 11.1. The molecule has 0 saturated carbocycles. The number of hydrogen-bond acceptors (Lipinski definition) is 8. The lowest BCUT2D eigenvalue weighted by Crippen LogP contribution is -2.42. The minimum Gasteiger partial charge on any atom is -0.444 e. The number of ether oxygens (including phenoxy) is 1. The molecule has 1 saturated heterocycles. The van der Waals surface area contributed by atoms with Gasteiger partial charge in [0.2, 0.25) is 0 Å². The molecule has 0 N–H and O–H groups in total. The fourth-order valence-electron chi connectivity index (χ4n) is 3.67.